The number of H-pyrrole nitrogens is 1. The van der Waals surface area contributed by atoms with Crippen molar-refractivity contribution in [2.24, 2.45) is 0 Å². The summed E-state index contributed by atoms with van der Waals surface area (Å²) in [6, 6.07) is 3.82. The number of sulfonamides is 1. The topological polar surface area (TPSA) is 103 Å². The molecule has 21 heavy (non-hydrogen) atoms. The summed E-state index contributed by atoms with van der Waals surface area (Å²) in [5, 5.41) is 16.7. The van der Waals surface area contributed by atoms with Crippen LogP contribution in [0.4, 0.5) is 0 Å². The van der Waals surface area contributed by atoms with Crippen LogP contribution in [0.15, 0.2) is 22.5 Å². The molecule has 2 aromatic rings. The number of nitrogens with zero attached hydrogens (tertiary/aromatic N) is 2. The summed E-state index contributed by atoms with van der Waals surface area (Å²) in [4.78, 5) is 12.2. The van der Waals surface area contributed by atoms with Crippen molar-refractivity contribution < 1.29 is 18.3 Å². The number of hydrogen-bond donors (Lipinski definition) is 2. The largest absolute Gasteiger partial charge is 0.478 e. The van der Waals surface area contributed by atoms with Crippen molar-refractivity contribution in [1.29, 1.82) is 0 Å². The number of nitrogens with one attached hydrogen (secondary N) is 1. The fourth-order valence-corrected chi connectivity index (χ4v) is 3.82. The van der Waals surface area contributed by atoms with Crippen LogP contribution in [0.2, 0.25) is 0 Å². The minimum Gasteiger partial charge on any atom is -0.478 e. The summed E-state index contributed by atoms with van der Waals surface area (Å²) in [6.07, 6.45) is 0.569. The van der Waals surface area contributed by atoms with Crippen LogP contribution in [0, 0.1) is 6.92 Å². The van der Waals surface area contributed by atoms with Crippen molar-refractivity contribution in [3.8, 4) is 0 Å². The monoisotopic (exact) mass is 329 g/mol. The molecule has 7 nitrogen and oxygen atoms in total. The van der Waals surface area contributed by atoms with Gasteiger partial charge in [0.1, 0.15) is 5.56 Å². The zero-order valence-corrected chi connectivity index (χ0v) is 13.2. The number of aryl methyl sites for hydroxylation is 1. The van der Waals surface area contributed by atoms with E-state index in [9.17, 15) is 13.2 Å². The second kappa shape index (κ2) is 5.96. The highest BCUT2D eigenvalue weighted by atomic mass is 32.2. The number of carboxylic acids is 1. The van der Waals surface area contributed by atoms with Crippen LogP contribution in [0.3, 0.4) is 0 Å². The third kappa shape index (κ3) is 3.14. The fraction of sp³-hybridized carbons (Fsp3) is 0.333. The first kappa shape index (κ1) is 15.7. The number of rotatable bonds is 6. The smallest absolute Gasteiger partial charge is 0.340 e. The molecular formula is C12H15N3O4S2. The van der Waals surface area contributed by atoms with Gasteiger partial charge in [-0.15, -0.1) is 11.3 Å². The van der Waals surface area contributed by atoms with Crippen molar-refractivity contribution in [1.82, 2.24) is 14.5 Å². The first-order valence-corrected chi connectivity index (χ1v) is 8.43. The number of carbonyl (C=O) groups is 1. The van der Waals surface area contributed by atoms with Gasteiger partial charge < -0.3 is 5.11 Å². The molecular weight excluding hydrogens is 314 g/mol. The molecule has 0 spiro atoms. The van der Waals surface area contributed by atoms with Gasteiger partial charge in [-0.3, -0.25) is 5.10 Å². The molecule has 0 aliphatic rings. The lowest BCUT2D eigenvalue weighted by atomic mass is 10.3. The first-order chi connectivity index (χ1) is 9.84. The van der Waals surface area contributed by atoms with E-state index in [4.69, 9.17) is 5.11 Å². The van der Waals surface area contributed by atoms with Crippen molar-refractivity contribution in [2.45, 2.75) is 18.4 Å². The number of aromatic nitrogens is 2. The minimum absolute atomic E-state index is 0.215. The lowest BCUT2D eigenvalue weighted by Crippen LogP contribution is -2.30. The van der Waals surface area contributed by atoms with Gasteiger partial charge in [-0.05, 0) is 24.8 Å². The highest BCUT2D eigenvalue weighted by molar-refractivity contribution is 7.89. The molecule has 0 aliphatic heterocycles. The number of hydrogen-bond acceptors (Lipinski definition) is 5. The summed E-state index contributed by atoms with van der Waals surface area (Å²) in [6.45, 7) is 1.73. The number of thiophene rings is 1. The molecule has 0 bridgehead atoms. The highest BCUT2D eigenvalue weighted by Crippen LogP contribution is 2.20. The zero-order chi connectivity index (χ0) is 15.6. The molecule has 0 aliphatic carbocycles. The predicted molar refractivity (Wildman–Crippen MR) is 78.1 cm³/mol. The Morgan fingerprint density at radius 1 is 1.52 bits per heavy atom. The third-order valence-electron chi connectivity index (χ3n) is 3.04. The van der Waals surface area contributed by atoms with Gasteiger partial charge in [0.25, 0.3) is 10.0 Å². The Labute approximate surface area is 126 Å². The Balaban J connectivity index is 2.23. The quantitative estimate of drug-likeness (QED) is 0.832. The van der Waals surface area contributed by atoms with Crippen molar-refractivity contribution in [3.05, 3.63) is 33.6 Å². The zero-order valence-electron chi connectivity index (χ0n) is 11.5. The van der Waals surface area contributed by atoms with E-state index in [0.29, 0.717) is 6.42 Å². The van der Waals surface area contributed by atoms with E-state index in [1.54, 1.807) is 11.3 Å². The van der Waals surface area contributed by atoms with Gasteiger partial charge in [0.05, 0.1) is 0 Å². The van der Waals surface area contributed by atoms with Crippen LogP contribution in [0.25, 0.3) is 0 Å². The summed E-state index contributed by atoms with van der Waals surface area (Å²) >= 11 is 1.55. The second-order valence-corrected chi connectivity index (χ2v) is 7.48. The Morgan fingerprint density at radius 2 is 2.24 bits per heavy atom. The molecule has 0 saturated carbocycles. The minimum atomic E-state index is -3.93. The maximum Gasteiger partial charge on any atom is 0.340 e. The third-order valence-corrected chi connectivity index (χ3v) is 5.76. The summed E-state index contributed by atoms with van der Waals surface area (Å²) in [7, 11) is -2.52. The average molecular weight is 329 g/mol. The molecule has 2 aromatic heterocycles. The van der Waals surface area contributed by atoms with Gasteiger partial charge in [0.15, 0.2) is 0 Å². The lowest BCUT2D eigenvalue weighted by molar-refractivity contribution is 0.0691. The number of likely N-dealkylation sites (N-methyl/N-ethyl adjacent to an activating group) is 1. The highest BCUT2D eigenvalue weighted by Gasteiger charge is 2.31. The Hall–Kier alpha value is -1.71. The molecule has 114 valence electrons. The SMILES string of the molecule is Cc1[nH]nc(S(=O)(=O)N(C)CCc2cccs2)c1C(=O)O. The van der Waals surface area contributed by atoms with Gasteiger partial charge in [0.2, 0.25) is 5.03 Å². The molecule has 9 heteroatoms. The van der Waals surface area contributed by atoms with Crippen LogP contribution in [0.1, 0.15) is 20.9 Å². The van der Waals surface area contributed by atoms with Crippen LogP contribution in [0.5, 0.6) is 0 Å². The molecule has 0 aromatic carbocycles. The van der Waals surface area contributed by atoms with E-state index in [2.05, 4.69) is 10.2 Å². The maximum absolute atomic E-state index is 12.4. The Bertz CT molecular complexity index is 735. The van der Waals surface area contributed by atoms with Crippen LogP contribution in [-0.2, 0) is 16.4 Å². The standard InChI is InChI=1S/C12H15N3O4S2/c1-8-10(12(16)17)11(14-13-8)21(18,19)15(2)6-5-9-4-3-7-20-9/h3-4,7H,5-6H2,1-2H3,(H,13,14)(H,16,17). The molecule has 2 rings (SSSR count). The van der Waals surface area contributed by atoms with E-state index < -0.39 is 21.0 Å². The van der Waals surface area contributed by atoms with Crippen molar-refractivity contribution >= 4 is 27.3 Å². The lowest BCUT2D eigenvalue weighted by Gasteiger charge is -2.15. The van der Waals surface area contributed by atoms with Crippen LogP contribution in [-0.4, -0.2) is 47.6 Å². The van der Waals surface area contributed by atoms with Gasteiger partial charge in [0, 0.05) is 24.2 Å². The van der Waals surface area contributed by atoms with Crippen molar-refractivity contribution in [3.63, 3.8) is 0 Å². The summed E-state index contributed by atoms with van der Waals surface area (Å²) in [5.41, 5.74) is -0.0919. The molecule has 0 saturated heterocycles. The molecule has 2 heterocycles. The van der Waals surface area contributed by atoms with Crippen molar-refractivity contribution in [2.75, 3.05) is 13.6 Å². The van der Waals surface area contributed by atoms with Crippen LogP contribution >= 0.6 is 11.3 Å². The number of carboxylic acid groups (broad SMARTS) is 1. The summed E-state index contributed by atoms with van der Waals surface area (Å²) in [5.74, 6) is -1.31. The Morgan fingerprint density at radius 3 is 2.81 bits per heavy atom. The molecule has 0 radical (unpaired) electrons. The number of aromatic amines is 1. The molecule has 2 N–H and O–H groups in total. The second-order valence-electron chi connectivity index (χ2n) is 4.49. The molecule has 0 atom stereocenters. The van der Waals surface area contributed by atoms with Gasteiger partial charge in [-0.2, -0.15) is 9.40 Å². The van der Waals surface area contributed by atoms with E-state index in [1.807, 2.05) is 17.5 Å². The van der Waals surface area contributed by atoms with E-state index in [-0.39, 0.29) is 17.8 Å². The van der Waals surface area contributed by atoms with Crippen LogP contribution < -0.4 is 0 Å². The van der Waals surface area contributed by atoms with E-state index >= 15 is 0 Å². The van der Waals surface area contributed by atoms with E-state index in [0.717, 1.165) is 9.18 Å². The van der Waals surface area contributed by atoms with E-state index in [1.165, 1.54) is 14.0 Å². The predicted octanol–water partition coefficient (Wildman–Crippen LogP) is 1.34. The average Bonchev–Trinajstić information content (AvgIpc) is 3.04. The van der Waals surface area contributed by atoms with Gasteiger partial charge >= 0.3 is 5.97 Å². The van der Waals surface area contributed by atoms with Gasteiger partial charge in [-0.25, -0.2) is 13.2 Å². The maximum atomic E-state index is 12.4. The summed E-state index contributed by atoms with van der Waals surface area (Å²) < 4.78 is 25.9. The molecule has 0 amide bonds. The molecule has 0 unspecified atom stereocenters. The van der Waals surface area contributed by atoms with Gasteiger partial charge in [-0.1, -0.05) is 6.07 Å². The number of aromatic carboxylic acids is 1. The first-order valence-electron chi connectivity index (χ1n) is 6.11. The molecule has 0 fully saturated rings. The Kier molecular flexibility index (Phi) is 4.45. The normalized spacial score (nSPS) is 12.0. The fourth-order valence-electron chi connectivity index (χ4n) is 1.84.